The van der Waals surface area contributed by atoms with E-state index in [9.17, 15) is 14.3 Å². The van der Waals surface area contributed by atoms with Gasteiger partial charge in [0.2, 0.25) is 0 Å². The van der Waals surface area contributed by atoms with Crippen LogP contribution in [-0.4, -0.2) is 63.3 Å². The molecule has 7 nitrogen and oxygen atoms in total. The molecule has 4 atom stereocenters. The first-order valence-electron chi connectivity index (χ1n) is 9.26. The number of ether oxygens (including phenoxy) is 1. The molecule has 1 aromatic carbocycles. The normalized spacial score (nSPS) is 28.4. The average molecular weight is 374 g/mol. The average Bonchev–Trinajstić information content (AvgIpc) is 3.38. The number of benzene rings is 1. The predicted octanol–water partition coefficient (Wildman–Crippen LogP) is 1.32. The Labute approximate surface area is 156 Å². The zero-order valence-corrected chi connectivity index (χ0v) is 14.8. The molecule has 2 aliphatic rings. The van der Waals surface area contributed by atoms with Gasteiger partial charge in [0.1, 0.15) is 23.8 Å². The number of likely N-dealkylation sites (tertiary alicyclic amines) is 1. The van der Waals surface area contributed by atoms with E-state index in [0.717, 1.165) is 25.9 Å². The molecule has 0 spiro atoms. The number of halogens is 1. The molecule has 144 valence electrons. The van der Waals surface area contributed by atoms with Crippen molar-refractivity contribution in [3.05, 3.63) is 48.3 Å². The van der Waals surface area contributed by atoms with E-state index < -0.39 is 18.0 Å². The Morgan fingerprint density at radius 3 is 2.89 bits per heavy atom. The standard InChI is InChI=1S/C19H23FN4O3/c20-12-4-3-5-13(10-12)27-15-11-14(23-19(26)18-21-6-7-22-18)16(17(15)25)24-8-1-2-9-24/h3-7,10,14-17,25H,1-2,8-9,11H2,(H,21,22)(H,23,26)/t14-,15-,16+,17+/m1/s1. The number of rotatable bonds is 5. The first-order chi connectivity index (χ1) is 13.1. The number of nitrogens with zero attached hydrogens (tertiary/aromatic N) is 2. The molecule has 3 N–H and O–H groups in total. The molecule has 1 amide bonds. The monoisotopic (exact) mass is 374 g/mol. The lowest BCUT2D eigenvalue weighted by molar-refractivity contribution is 0.0138. The smallest absolute Gasteiger partial charge is 0.287 e. The third-order valence-corrected chi connectivity index (χ3v) is 5.30. The minimum Gasteiger partial charge on any atom is -0.487 e. The van der Waals surface area contributed by atoms with Crippen molar-refractivity contribution >= 4 is 5.91 Å². The molecule has 1 aliphatic heterocycles. The number of aliphatic hydroxyl groups is 1. The van der Waals surface area contributed by atoms with Gasteiger partial charge in [0.15, 0.2) is 5.82 Å². The number of hydrogen-bond acceptors (Lipinski definition) is 5. The number of nitrogens with one attached hydrogen (secondary N) is 2. The van der Waals surface area contributed by atoms with Gasteiger partial charge in [-0.05, 0) is 38.1 Å². The molecule has 2 aromatic rings. The number of aromatic amines is 1. The van der Waals surface area contributed by atoms with Gasteiger partial charge in [-0.25, -0.2) is 9.37 Å². The maximum absolute atomic E-state index is 13.4. The molecule has 4 rings (SSSR count). The molecular weight excluding hydrogens is 351 g/mol. The van der Waals surface area contributed by atoms with Crippen molar-refractivity contribution < 1.29 is 19.0 Å². The lowest BCUT2D eigenvalue weighted by atomic mass is 10.1. The van der Waals surface area contributed by atoms with Gasteiger partial charge in [0.05, 0.1) is 12.1 Å². The maximum atomic E-state index is 13.4. The molecule has 8 heteroatoms. The topological polar surface area (TPSA) is 90.5 Å². The largest absolute Gasteiger partial charge is 0.487 e. The summed E-state index contributed by atoms with van der Waals surface area (Å²) >= 11 is 0. The number of amides is 1. The van der Waals surface area contributed by atoms with E-state index in [2.05, 4.69) is 20.2 Å². The van der Waals surface area contributed by atoms with Gasteiger partial charge in [0.25, 0.3) is 5.91 Å². The second-order valence-corrected chi connectivity index (χ2v) is 7.09. The zero-order valence-electron chi connectivity index (χ0n) is 14.8. The summed E-state index contributed by atoms with van der Waals surface area (Å²) in [5.74, 6) is -0.0945. The number of H-pyrrole nitrogens is 1. The summed E-state index contributed by atoms with van der Waals surface area (Å²) in [6, 6.07) is 5.35. The van der Waals surface area contributed by atoms with Crippen molar-refractivity contribution in [3.8, 4) is 5.75 Å². The number of carbonyl (C=O) groups is 1. The fraction of sp³-hybridized carbons (Fsp3) is 0.474. The van der Waals surface area contributed by atoms with Crippen LogP contribution in [0.2, 0.25) is 0 Å². The lowest BCUT2D eigenvalue weighted by Gasteiger charge is -2.31. The van der Waals surface area contributed by atoms with Crippen molar-refractivity contribution in [1.82, 2.24) is 20.2 Å². The van der Waals surface area contributed by atoms with E-state index in [1.165, 1.54) is 18.3 Å². The van der Waals surface area contributed by atoms with Crippen molar-refractivity contribution in [2.75, 3.05) is 13.1 Å². The van der Waals surface area contributed by atoms with Crippen LogP contribution in [0.3, 0.4) is 0 Å². The summed E-state index contributed by atoms with van der Waals surface area (Å²) in [6.07, 6.45) is 4.37. The molecule has 0 unspecified atom stereocenters. The number of hydrogen-bond donors (Lipinski definition) is 3. The van der Waals surface area contributed by atoms with Gasteiger partial charge in [-0.15, -0.1) is 0 Å². The Morgan fingerprint density at radius 1 is 1.37 bits per heavy atom. The van der Waals surface area contributed by atoms with E-state index in [4.69, 9.17) is 4.74 Å². The Bertz CT molecular complexity index is 779. The van der Waals surface area contributed by atoms with Gasteiger partial charge in [-0.1, -0.05) is 6.07 Å². The third kappa shape index (κ3) is 3.81. The molecule has 1 saturated carbocycles. The van der Waals surface area contributed by atoms with Crippen LogP contribution in [-0.2, 0) is 0 Å². The van der Waals surface area contributed by atoms with Crippen LogP contribution in [0.5, 0.6) is 5.75 Å². The molecule has 2 heterocycles. The number of imidazole rings is 1. The minimum atomic E-state index is -0.784. The Morgan fingerprint density at radius 2 is 2.19 bits per heavy atom. The maximum Gasteiger partial charge on any atom is 0.287 e. The molecule has 0 bridgehead atoms. The molecule has 0 radical (unpaired) electrons. The Hall–Kier alpha value is -2.45. The molecule has 1 aromatic heterocycles. The van der Waals surface area contributed by atoms with Crippen LogP contribution in [0.1, 0.15) is 29.9 Å². The van der Waals surface area contributed by atoms with Crippen LogP contribution < -0.4 is 10.1 Å². The van der Waals surface area contributed by atoms with Crippen LogP contribution >= 0.6 is 0 Å². The molecule has 2 fully saturated rings. The SMILES string of the molecule is O=C(N[C@@H]1C[C@@H](Oc2cccc(F)c2)[C@H](O)[C@H]1N1CCCC1)c1ncc[nH]1. The van der Waals surface area contributed by atoms with Crippen LogP contribution in [0.4, 0.5) is 4.39 Å². The van der Waals surface area contributed by atoms with Crippen LogP contribution in [0.25, 0.3) is 0 Å². The van der Waals surface area contributed by atoms with E-state index in [1.807, 2.05) is 0 Å². The second-order valence-electron chi connectivity index (χ2n) is 7.09. The van der Waals surface area contributed by atoms with E-state index in [0.29, 0.717) is 12.2 Å². The van der Waals surface area contributed by atoms with Crippen molar-refractivity contribution in [2.24, 2.45) is 0 Å². The Balaban J connectivity index is 1.51. The van der Waals surface area contributed by atoms with Crippen molar-refractivity contribution in [1.29, 1.82) is 0 Å². The second kappa shape index (κ2) is 7.66. The molecular formula is C19H23FN4O3. The third-order valence-electron chi connectivity index (χ3n) is 5.30. The number of carbonyl (C=O) groups excluding carboxylic acids is 1. The van der Waals surface area contributed by atoms with Crippen LogP contribution in [0, 0.1) is 5.82 Å². The fourth-order valence-corrected chi connectivity index (χ4v) is 4.10. The van der Waals surface area contributed by atoms with E-state index in [1.54, 1.807) is 18.3 Å². The number of aromatic nitrogens is 2. The van der Waals surface area contributed by atoms with Gasteiger partial charge >= 0.3 is 0 Å². The summed E-state index contributed by atoms with van der Waals surface area (Å²) in [4.78, 5) is 21.4. The van der Waals surface area contributed by atoms with Gasteiger partial charge in [0, 0.05) is 24.9 Å². The quantitative estimate of drug-likeness (QED) is 0.735. The summed E-state index contributed by atoms with van der Waals surface area (Å²) in [7, 11) is 0. The zero-order chi connectivity index (χ0) is 18.8. The van der Waals surface area contributed by atoms with Crippen molar-refractivity contribution in [2.45, 2.75) is 43.6 Å². The highest BCUT2D eigenvalue weighted by molar-refractivity contribution is 5.90. The highest BCUT2D eigenvalue weighted by atomic mass is 19.1. The first kappa shape index (κ1) is 17.9. The highest BCUT2D eigenvalue weighted by Crippen LogP contribution is 2.31. The fourth-order valence-electron chi connectivity index (χ4n) is 4.10. The number of aliphatic hydroxyl groups excluding tert-OH is 1. The minimum absolute atomic E-state index is 0.235. The van der Waals surface area contributed by atoms with Gasteiger partial charge in [-0.3, -0.25) is 9.69 Å². The highest BCUT2D eigenvalue weighted by Gasteiger charge is 2.48. The predicted molar refractivity (Wildman–Crippen MR) is 95.9 cm³/mol. The summed E-state index contributed by atoms with van der Waals surface area (Å²) in [5, 5.41) is 13.9. The van der Waals surface area contributed by atoms with Gasteiger partial charge < -0.3 is 20.1 Å². The summed E-state index contributed by atoms with van der Waals surface area (Å²) in [5.41, 5.74) is 0. The Kier molecular flexibility index (Phi) is 5.09. The van der Waals surface area contributed by atoms with E-state index >= 15 is 0 Å². The van der Waals surface area contributed by atoms with Gasteiger partial charge in [-0.2, -0.15) is 0 Å². The summed E-state index contributed by atoms with van der Waals surface area (Å²) in [6.45, 7) is 1.75. The van der Waals surface area contributed by atoms with E-state index in [-0.39, 0.29) is 23.8 Å². The molecule has 1 aliphatic carbocycles. The molecule has 1 saturated heterocycles. The first-order valence-corrected chi connectivity index (χ1v) is 9.26. The van der Waals surface area contributed by atoms with Crippen LogP contribution in [0.15, 0.2) is 36.7 Å². The lowest BCUT2D eigenvalue weighted by Crippen LogP contribution is -2.52. The molecule has 27 heavy (non-hydrogen) atoms. The van der Waals surface area contributed by atoms with Crippen molar-refractivity contribution in [3.63, 3.8) is 0 Å². The summed E-state index contributed by atoms with van der Waals surface area (Å²) < 4.78 is 19.3.